The molecule has 0 bridgehead atoms. The maximum absolute atomic E-state index is 12.8. The Morgan fingerprint density at radius 1 is 0.612 bits per heavy atom. The first kappa shape index (κ1) is 52.1. The van der Waals surface area contributed by atoms with Gasteiger partial charge in [0.15, 0.2) is 0 Å². The van der Waals surface area contributed by atoms with Gasteiger partial charge in [-0.05, 0) is 103 Å². The monoisotopic (exact) mass is 1040 g/mol. The Morgan fingerprint density at radius 3 is 1.39 bits per heavy atom. The minimum Gasteiger partial charge on any atom is -0.369 e. The molecule has 4 N–H and O–H groups in total. The SMILES string of the molecule is CCN1CCN(Cc2cc(-c3cccc(Cl)c3C)nc(C(C(N)=O)c3c(Cl)cccc3Cl)c2)CC1.Cc1c(Cl)cccc1-c1cc(COS(C)(=O)=O)cc(C(C(N)=O)c2c(Cl)cccc2Cl)n1. The number of hydrogen-bond donors (Lipinski definition) is 2. The van der Waals surface area contributed by atoms with Crippen LogP contribution < -0.4 is 11.5 Å². The highest BCUT2D eigenvalue weighted by atomic mass is 35.5. The molecule has 2 amide bonds. The number of primary amides is 2. The fourth-order valence-corrected chi connectivity index (χ4v) is 9.81. The molecule has 0 aliphatic carbocycles. The van der Waals surface area contributed by atoms with Crippen LogP contribution in [-0.4, -0.2) is 79.0 Å². The predicted octanol–water partition coefficient (Wildman–Crippen LogP) is 10.9. The Balaban J connectivity index is 0.000000222. The zero-order chi connectivity index (χ0) is 48.7. The summed E-state index contributed by atoms with van der Waals surface area (Å²) in [4.78, 5) is 39.7. The summed E-state index contributed by atoms with van der Waals surface area (Å²) in [6.07, 6.45) is 0.951. The molecule has 3 heterocycles. The number of likely N-dealkylation sites (N-methyl/N-ethyl adjacent to an activating group) is 1. The summed E-state index contributed by atoms with van der Waals surface area (Å²) >= 11 is 38.4. The first-order chi connectivity index (χ1) is 31.8. The van der Waals surface area contributed by atoms with Crippen LogP contribution in [0.1, 0.15) is 63.5 Å². The fourth-order valence-electron chi connectivity index (χ4n) is 7.88. The van der Waals surface area contributed by atoms with Crippen molar-refractivity contribution >= 4 is 91.5 Å². The van der Waals surface area contributed by atoms with E-state index in [1.165, 1.54) is 0 Å². The van der Waals surface area contributed by atoms with Crippen molar-refractivity contribution in [3.8, 4) is 22.5 Å². The predicted molar refractivity (Wildman–Crippen MR) is 271 cm³/mol. The molecule has 2 atom stereocenters. The number of benzene rings is 4. The summed E-state index contributed by atoms with van der Waals surface area (Å²) < 4.78 is 28.0. The van der Waals surface area contributed by atoms with Crippen molar-refractivity contribution in [3.63, 3.8) is 0 Å². The van der Waals surface area contributed by atoms with E-state index in [-0.39, 0.29) is 22.3 Å². The number of carbonyl (C=O) groups excluding carboxylic acids is 2. The smallest absolute Gasteiger partial charge is 0.264 e. The van der Waals surface area contributed by atoms with E-state index in [9.17, 15) is 18.0 Å². The highest BCUT2D eigenvalue weighted by molar-refractivity contribution is 7.85. The van der Waals surface area contributed by atoms with E-state index in [0.717, 1.165) is 73.5 Å². The molecule has 352 valence electrons. The normalized spacial score (nSPS) is 14.2. The number of hydrogen-bond acceptors (Lipinski definition) is 9. The van der Waals surface area contributed by atoms with Crippen LogP contribution in [0.5, 0.6) is 0 Å². The van der Waals surface area contributed by atoms with E-state index in [2.05, 4.69) is 27.8 Å². The molecule has 18 heteroatoms. The Bertz CT molecular complexity index is 2870. The summed E-state index contributed by atoms with van der Waals surface area (Å²) in [6, 6.07) is 28.3. The average molecular weight is 1050 g/mol. The van der Waals surface area contributed by atoms with E-state index < -0.39 is 33.8 Å². The first-order valence-electron chi connectivity index (χ1n) is 21.0. The van der Waals surface area contributed by atoms with Gasteiger partial charge in [0, 0.05) is 85.1 Å². The largest absolute Gasteiger partial charge is 0.369 e. The van der Waals surface area contributed by atoms with Gasteiger partial charge in [0.05, 0.1) is 35.6 Å². The molecule has 67 heavy (non-hydrogen) atoms. The van der Waals surface area contributed by atoms with Gasteiger partial charge >= 0.3 is 0 Å². The number of rotatable bonds is 14. The second kappa shape index (κ2) is 22.9. The molecular formula is C49H48Cl6N6O5S. The second-order valence-corrected chi connectivity index (χ2v) is 20.1. The Hall–Kier alpha value is -4.31. The van der Waals surface area contributed by atoms with Gasteiger partial charge in [-0.15, -0.1) is 0 Å². The van der Waals surface area contributed by atoms with Crippen molar-refractivity contribution < 1.29 is 22.2 Å². The van der Waals surface area contributed by atoms with Crippen LogP contribution >= 0.6 is 69.6 Å². The topological polar surface area (TPSA) is 162 Å². The summed E-state index contributed by atoms with van der Waals surface area (Å²) in [5, 5.41) is 2.45. The van der Waals surface area contributed by atoms with Gasteiger partial charge in [-0.2, -0.15) is 8.42 Å². The number of halogens is 6. The summed E-state index contributed by atoms with van der Waals surface area (Å²) in [5.41, 5.74) is 19.2. The number of nitrogens with two attached hydrogens (primary N) is 2. The average Bonchev–Trinajstić information content (AvgIpc) is 3.27. The minimum absolute atomic E-state index is 0.247. The number of nitrogens with zero attached hydrogens (tertiary/aromatic N) is 4. The maximum atomic E-state index is 12.8. The molecule has 0 saturated carbocycles. The van der Waals surface area contributed by atoms with Crippen molar-refractivity contribution in [3.05, 3.63) is 172 Å². The molecule has 1 aliphatic rings. The lowest BCUT2D eigenvalue weighted by molar-refractivity contribution is -0.119. The molecule has 2 aromatic heterocycles. The Morgan fingerprint density at radius 2 is 0.985 bits per heavy atom. The van der Waals surface area contributed by atoms with Crippen LogP contribution in [0.4, 0.5) is 0 Å². The van der Waals surface area contributed by atoms with Crippen LogP contribution in [0.3, 0.4) is 0 Å². The number of amides is 2. The zero-order valence-corrected chi connectivity index (χ0v) is 42.4. The van der Waals surface area contributed by atoms with E-state index in [1.807, 2.05) is 44.2 Å². The van der Waals surface area contributed by atoms with Gasteiger partial charge in [-0.3, -0.25) is 28.6 Å². The van der Waals surface area contributed by atoms with Crippen molar-refractivity contribution in [2.24, 2.45) is 11.5 Å². The molecule has 0 radical (unpaired) electrons. The van der Waals surface area contributed by atoms with Gasteiger partial charge in [-0.1, -0.05) is 113 Å². The third kappa shape index (κ3) is 13.1. The minimum atomic E-state index is -3.71. The Labute approximate surface area is 421 Å². The summed E-state index contributed by atoms with van der Waals surface area (Å²) in [5.74, 6) is -3.24. The number of piperazine rings is 1. The molecule has 6 aromatic rings. The lowest BCUT2D eigenvalue weighted by Gasteiger charge is -2.34. The van der Waals surface area contributed by atoms with Gasteiger partial charge in [-0.25, -0.2) is 0 Å². The van der Waals surface area contributed by atoms with Gasteiger partial charge in [0.1, 0.15) is 11.8 Å². The number of carbonyl (C=O) groups is 2. The summed E-state index contributed by atoms with van der Waals surface area (Å²) in [7, 11) is -3.71. The van der Waals surface area contributed by atoms with Crippen molar-refractivity contribution in [2.45, 2.75) is 45.8 Å². The first-order valence-corrected chi connectivity index (χ1v) is 25.1. The van der Waals surface area contributed by atoms with Gasteiger partial charge in [0.25, 0.3) is 10.1 Å². The van der Waals surface area contributed by atoms with Crippen LogP contribution in [-0.2, 0) is 37.0 Å². The highest BCUT2D eigenvalue weighted by Crippen LogP contribution is 2.39. The third-order valence-corrected chi connectivity index (χ3v) is 14.1. The van der Waals surface area contributed by atoms with E-state index in [4.69, 9.17) is 90.2 Å². The standard InChI is InChI=1S/C27H29Cl3N4O.C22H19Cl3N2O4S/c1-3-33-10-12-34(13-11-33)16-18-14-23(19-6-4-7-20(28)17(19)2)32-24(15-18)26(27(31)35)25-21(29)8-5-9-22(25)30;1-12-14(5-3-6-15(12)23)18-9-13(11-31-32(2,29)30)10-19(27-18)21(22(26)28)20-16(24)7-4-8-17(20)25/h4-9,14-15,26H,3,10-13,16H2,1-2H3,(H2,31,35);3-10,21H,11H2,1-2H3,(H2,26,28). The number of pyridine rings is 2. The fraction of sp³-hybridized carbons (Fsp3) is 0.265. The highest BCUT2D eigenvalue weighted by Gasteiger charge is 2.30. The van der Waals surface area contributed by atoms with Crippen LogP contribution in [0, 0.1) is 13.8 Å². The van der Waals surface area contributed by atoms with Gasteiger partial charge < -0.3 is 16.4 Å². The van der Waals surface area contributed by atoms with Gasteiger partial charge in [0.2, 0.25) is 11.8 Å². The molecule has 1 aliphatic heterocycles. The molecule has 1 fully saturated rings. The maximum Gasteiger partial charge on any atom is 0.264 e. The number of aromatic nitrogens is 2. The lowest BCUT2D eigenvalue weighted by atomic mass is 9.92. The van der Waals surface area contributed by atoms with Crippen molar-refractivity contribution in [1.82, 2.24) is 19.8 Å². The lowest BCUT2D eigenvalue weighted by Crippen LogP contribution is -2.45. The van der Waals surface area contributed by atoms with E-state index in [1.54, 1.807) is 60.7 Å². The van der Waals surface area contributed by atoms with E-state index in [0.29, 0.717) is 53.7 Å². The quantitative estimate of drug-likeness (QED) is 0.101. The van der Waals surface area contributed by atoms with E-state index >= 15 is 0 Å². The Kier molecular flexibility index (Phi) is 17.8. The van der Waals surface area contributed by atoms with Crippen molar-refractivity contribution in [2.75, 3.05) is 39.0 Å². The zero-order valence-electron chi connectivity index (χ0n) is 37.0. The third-order valence-electron chi connectivity index (χ3n) is 11.4. The molecule has 11 nitrogen and oxygen atoms in total. The molecule has 1 saturated heterocycles. The molecule has 4 aromatic carbocycles. The molecular weight excluding hydrogens is 997 g/mol. The second-order valence-electron chi connectivity index (χ2n) is 16.0. The van der Waals surface area contributed by atoms with Crippen LogP contribution in [0.2, 0.25) is 30.1 Å². The molecule has 2 unspecified atom stereocenters. The molecule has 0 spiro atoms. The van der Waals surface area contributed by atoms with Crippen molar-refractivity contribution in [1.29, 1.82) is 0 Å². The molecule has 7 rings (SSSR count). The summed E-state index contributed by atoms with van der Waals surface area (Å²) in [6.45, 7) is 11.5. The van der Waals surface area contributed by atoms with Crippen LogP contribution in [0.15, 0.2) is 97.1 Å². The van der Waals surface area contributed by atoms with Crippen LogP contribution in [0.25, 0.3) is 22.5 Å².